The monoisotopic (exact) mass is 246 g/mol. The van der Waals surface area contributed by atoms with E-state index < -0.39 is 11.9 Å². The molecule has 7 nitrogen and oxygen atoms in total. The van der Waals surface area contributed by atoms with Gasteiger partial charge < -0.3 is 20.1 Å². The molecule has 0 radical (unpaired) electrons. The fraction of sp³-hybridized carbons (Fsp3) is 0.700. The first kappa shape index (κ1) is 15.4. The van der Waals surface area contributed by atoms with Crippen molar-refractivity contribution in [2.45, 2.75) is 13.3 Å². The van der Waals surface area contributed by atoms with E-state index in [-0.39, 0.29) is 25.5 Å². The van der Waals surface area contributed by atoms with Gasteiger partial charge in [-0.1, -0.05) is 0 Å². The van der Waals surface area contributed by atoms with Crippen LogP contribution >= 0.6 is 0 Å². The van der Waals surface area contributed by atoms with Gasteiger partial charge in [-0.15, -0.1) is 0 Å². The van der Waals surface area contributed by atoms with Crippen LogP contribution in [0.3, 0.4) is 0 Å². The summed E-state index contributed by atoms with van der Waals surface area (Å²) in [4.78, 5) is 33.1. The summed E-state index contributed by atoms with van der Waals surface area (Å²) < 4.78 is 9.22. The molecule has 17 heavy (non-hydrogen) atoms. The Bertz CT molecular complexity index is 267. The Morgan fingerprint density at radius 2 is 1.82 bits per heavy atom. The van der Waals surface area contributed by atoms with Crippen LogP contribution in [-0.4, -0.2) is 51.2 Å². The maximum Gasteiger partial charge on any atom is 0.396 e. The van der Waals surface area contributed by atoms with Gasteiger partial charge in [0.05, 0.1) is 13.2 Å². The second-order valence-electron chi connectivity index (χ2n) is 3.07. The maximum atomic E-state index is 11.2. The van der Waals surface area contributed by atoms with Crippen LogP contribution in [0, 0.1) is 0 Å². The van der Waals surface area contributed by atoms with Gasteiger partial charge in [0.1, 0.15) is 0 Å². The van der Waals surface area contributed by atoms with Crippen molar-refractivity contribution in [1.29, 1.82) is 0 Å². The van der Waals surface area contributed by atoms with Crippen LogP contribution in [-0.2, 0) is 23.9 Å². The van der Waals surface area contributed by atoms with Crippen molar-refractivity contribution in [1.82, 2.24) is 10.6 Å². The van der Waals surface area contributed by atoms with Crippen molar-refractivity contribution in [3.05, 3.63) is 0 Å². The number of hydrogen-bond acceptors (Lipinski definition) is 5. The van der Waals surface area contributed by atoms with Gasteiger partial charge in [-0.05, 0) is 6.92 Å². The number of nitrogens with one attached hydrogen (secondary N) is 2. The zero-order valence-corrected chi connectivity index (χ0v) is 10.1. The molecule has 0 saturated carbocycles. The van der Waals surface area contributed by atoms with Crippen LogP contribution in [0.2, 0.25) is 0 Å². The van der Waals surface area contributed by atoms with Gasteiger partial charge in [0.15, 0.2) is 0 Å². The van der Waals surface area contributed by atoms with Gasteiger partial charge in [-0.2, -0.15) is 0 Å². The summed E-state index contributed by atoms with van der Waals surface area (Å²) in [6.45, 7) is 2.69. The molecule has 7 heteroatoms. The minimum atomic E-state index is -0.938. The van der Waals surface area contributed by atoms with E-state index in [9.17, 15) is 14.4 Å². The smallest absolute Gasteiger partial charge is 0.396 e. The van der Waals surface area contributed by atoms with Crippen LogP contribution in [0.1, 0.15) is 13.3 Å². The highest BCUT2D eigenvalue weighted by atomic mass is 16.5. The fourth-order valence-electron chi connectivity index (χ4n) is 0.939. The lowest BCUT2D eigenvalue weighted by Gasteiger charge is -2.05. The Balaban J connectivity index is 3.58. The summed E-state index contributed by atoms with van der Waals surface area (Å²) >= 11 is 0. The Morgan fingerprint density at radius 3 is 2.41 bits per heavy atom. The Morgan fingerprint density at radius 1 is 1.12 bits per heavy atom. The van der Waals surface area contributed by atoms with Crippen LogP contribution < -0.4 is 10.6 Å². The largest absolute Gasteiger partial charge is 0.459 e. The number of ether oxygens (including phenoxy) is 2. The molecule has 0 unspecified atom stereocenters. The van der Waals surface area contributed by atoms with E-state index in [2.05, 4.69) is 15.4 Å². The quantitative estimate of drug-likeness (QED) is 0.335. The number of esters is 1. The third-order valence-electron chi connectivity index (χ3n) is 1.73. The molecule has 0 aliphatic rings. The van der Waals surface area contributed by atoms with Gasteiger partial charge in [0.25, 0.3) is 0 Å². The molecular formula is C10H18N2O5. The summed E-state index contributed by atoms with van der Waals surface area (Å²) in [5.41, 5.74) is 0. The molecule has 0 aromatic rings. The normalized spacial score (nSPS) is 9.53. The van der Waals surface area contributed by atoms with Crippen molar-refractivity contribution in [3.63, 3.8) is 0 Å². The lowest BCUT2D eigenvalue weighted by Crippen LogP contribution is -2.36. The molecule has 0 heterocycles. The molecule has 98 valence electrons. The number of rotatable bonds is 7. The third-order valence-corrected chi connectivity index (χ3v) is 1.73. The van der Waals surface area contributed by atoms with E-state index in [0.29, 0.717) is 13.2 Å². The van der Waals surface area contributed by atoms with E-state index in [1.165, 1.54) is 7.11 Å². The van der Waals surface area contributed by atoms with E-state index >= 15 is 0 Å². The molecule has 0 aromatic carbocycles. The predicted molar refractivity (Wildman–Crippen MR) is 59.1 cm³/mol. The standard InChI is InChI=1S/C10H18N2O5/c1-3-17-10(15)9(14)12-5-4-8(13)11-6-7-16-2/h3-7H2,1-2H3,(H,11,13)(H,12,14). The maximum absolute atomic E-state index is 11.2. The SMILES string of the molecule is CCOC(=O)C(=O)NCCC(=O)NCCOC. The van der Waals surface area contributed by atoms with Crippen molar-refractivity contribution < 1.29 is 23.9 Å². The first-order valence-electron chi connectivity index (χ1n) is 5.32. The minimum Gasteiger partial charge on any atom is -0.459 e. The van der Waals surface area contributed by atoms with Crippen LogP contribution in [0.5, 0.6) is 0 Å². The van der Waals surface area contributed by atoms with Gasteiger partial charge in [0.2, 0.25) is 5.91 Å². The molecule has 0 atom stereocenters. The van der Waals surface area contributed by atoms with E-state index in [1.54, 1.807) is 6.92 Å². The number of hydrogen-bond donors (Lipinski definition) is 2. The Labute approximate surface area is 99.8 Å². The third kappa shape index (κ3) is 8.21. The number of carbonyl (C=O) groups is 3. The molecular weight excluding hydrogens is 228 g/mol. The topological polar surface area (TPSA) is 93.7 Å². The van der Waals surface area contributed by atoms with Gasteiger partial charge >= 0.3 is 11.9 Å². The summed E-state index contributed by atoms with van der Waals surface area (Å²) in [6, 6.07) is 0. The van der Waals surface area contributed by atoms with Gasteiger partial charge in [-0.3, -0.25) is 9.59 Å². The average molecular weight is 246 g/mol. The van der Waals surface area contributed by atoms with Crippen molar-refractivity contribution in [3.8, 4) is 0 Å². The molecule has 0 rings (SSSR count). The number of amides is 2. The van der Waals surface area contributed by atoms with Crippen LogP contribution in [0.4, 0.5) is 0 Å². The highest BCUT2D eigenvalue weighted by molar-refractivity contribution is 6.32. The molecule has 2 amide bonds. The molecule has 2 N–H and O–H groups in total. The summed E-state index contributed by atoms with van der Waals surface area (Å²) in [7, 11) is 1.53. The summed E-state index contributed by atoms with van der Waals surface area (Å²) in [5.74, 6) is -1.99. The van der Waals surface area contributed by atoms with E-state index in [0.717, 1.165) is 0 Å². The second kappa shape index (κ2) is 9.59. The zero-order chi connectivity index (χ0) is 13.1. The van der Waals surface area contributed by atoms with Crippen molar-refractivity contribution in [2.75, 3.05) is 33.4 Å². The van der Waals surface area contributed by atoms with E-state index in [4.69, 9.17) is 4.74 Å². The van der Waals surface area contributed by atoms with Gasteiger partial charge in [-0.25, -0.2) is 4.79 Å². The summed E-state index contributed by atoms with van der Waals surface area (Å²) in [6.07, 6.45) is 0.106. The van der Waals surface area contributed by atoms with E-state index in [1.807, 2.05) is 0 Å². The molecule has 0 saturated heterocycles. The highest BCUT2D eigenvalue weighted by Gasteiger charge is 2.13. The average Bonchev–Trinajstić information content (AvgIpc) is 2.29. The Hall–Kier alpha value is -1.63. The lowest BCUT2D eigenvalue weighted by molar-refractivity contribution is -0.154. The molecule has 0 fully saturated rings. The molecule has 0 spiro atoms. The lowest BCUT2D eigenvalue weighted by atomic mass is 10.4. The number of carbonyl (C=O) groups excluding carboxylic acids is 3. The van der Waals surface area contributed by atoms with Gasteiger partial charge in [0, 0.05) is 26.6 Å². The van der Waals surface area contributed by atoms with Crippen LogP contribution in [0.25, 0.3) is 0 Å². The number of methoxy groups -OCH3 is 1. The van der Waals surface area contributed by atoms with Crippen molar-refractivity contribution >= 4 is 17.8 Å². The second-order valence-corrected chi connectivity index (χ2v) is 3.07. The molecule has 0 aromatic heterocycles. The van der Waals surface area contributed by atoms with Crippen molar-refractivity contribution in [2.24, 2.45) is 0 Å². The Kier molecular flexibility index (Phi) is 8.67. The minimum absolute atomic E-state index is 0.0937. The summed E-state index contributed by atoms with van der Waals surface area (Å²) in [5, 5.41) is 4.86. The molecule has 0 aliphatic carbocycles. The predicted octanol–water partition coefficient (Wildman–Crippen LogP) is -1.18. The molecule has 0 aliphatic heterocycles. The highest BCUT2D eigenvalue weighted by Crippen LogP contribution is 1.81. The van der Waals surface area contributed by atoms with Crippen LogP contribution in [0.15, 0.2) is 0 Å². The zero-order valence-electron chi connectivity index (χ0n) is 10.1. The molecule has 0 bridgehead atoms. The fourth-order valence-corrected chi connectivity index (χ4v) is 0.939. The first-order valence-corrected chi connectivity index (χ1v) is 5.32. The first-order chi connectivity index (χ1) is 8.11.